The molecule has 0 atom stereocenters. The minimum atomic E-state index is -0.672. The van der Waals surface area contributed by atoms with Gasteiger partial charge >= 0.3 is 0 Å². The summed E-state index contributed by atoms with van der Waals surface area (Å²) in [6.07, 6.45) is 0. The average Bonchev–Trinajstić information content (AvgIpc) is 3.78. The summed E-state index contributed by atoms with van der Waals surface area (Å²) < 4.78 is 6.69. The second-order valence-electron chi connectivity index (χ2n) is 17.6. The number of benzene rings is 8. The molecule has 2 aliphatic carbocycles. The van der Waals surface area contributed by atoms with Crippen LogP contribution >= 0.6 is 0 Å². The zero-order valence-electron chi connectivity index (χ0n) is 35.7. The van der Waals surface area contributed by atoms with E-state index in [0.717, 1.165) is 84.1 Å². The van der Waals surface area contributed by atoms with Crippen molar-refractivity contribution in [2.24, 2.45) is 0 Å². The highest BCUT2D eigenvalue weighted by Gasteiger charge is 2.51. The molecule has 6 nitrogen and oxygen atoms in total. The van der Waals surface area contributed by atoms with Crippen molar-refractivity contribution >= 4 is 0 Å². The van der Waals surface area contributed by atoms with Crippen molar-refractivity contribution in [3.8, 4) is 90.6 Å². The SMILES string of the molecule is CC1(C)c2ccccc2-c2c(-c3ccccc3)nc(-c3ccc4c(c3)-c3cc(-c5nc(-c6ccccc6)nc(-c6ccccc6)n5)ccc3C43c4ccccc4Oc4ccccc43)nc21. The monoisotopic (exact) mass is 833 g/mol. The van der Waals surface area contributed by atoms with E-state index >= 15 is 0 Å². The molecule has 6 heteroatoms. The number of aromatic nitrogens is 5. The standard InChI is InChI=1S/C59H39N5O/c1-58(2)44-25-13-12-24-41(44)51-52(36-18-6-3-7-19-36)60-56(61-53(51)58)39-30-32-45-42(34-39)43-35-40(57-63-54(37-20-8-4-9-21-37)62-55(64-57)38-22-10-5-11-23-38)31-33-46(43)59(45)47-26-14-16-28-49(47)65-50-29-17-15-27-48(50)59/h3-35H,1-2H3. The molecule has 3 heterocycles. The maximum Gasteiger partial charge on any atom is 0.164 e. The van der Waals surface area contributed by atoms with Crippen molar-refractivity contribution in [2.75, 3.05) is 0 Å². The van der Waals surface area contributed by atoms with Crippen LogP contribution in [0.1, 0.15) is 47.4 Å². The van der Waals surface area contributed by atoms with Gasteiger partial charge in [0.2, 0.25) is 0 Å². The lowest BCUT2D eigenvalue weighted by atomic mass is 9.66. The van der Waals surface area contributed by atoms with Crippen molar-refractivity contribution in [2.45, 2.75) is 24.7 Å². The molecule has 8 aromatic carbocycles. The van der Waals surface area contributed by atoms with Gasteiger partial charge in [0.15, 0.2) is 23.3 Å². The molecule has 0 unspecified atom stereocenters. The van der Waals surface area contributed by atoms with Crippen molar-refractivity contribution < 1.29 is 4.74 Å². The Morgan fingerprint density at radius 1 is 0.338 bits per heavy atom. The highest BCUT2D eigenvalue weighted by Crippen LogP contribution is 2.63. The molecule has 13 rings (SSSR count). The minimum absolute atomic E-state index is 0.327. The maximum atomic E-state index is 6.69. The third-order valence-corrected chi connectivity index (χ3v) is 13.6. The number of para-hydroxylation sites is 2. The molecular weight excluding hydrogens is 795 g/mol. The van der Waals surface area contributed by atoms with Crippen molar-refractivity contribution in [1.29, 1.82) is 0 Å². The smallest absolute Gasteiger partial charge is 0.164 e. The highest BCUT2D eigenvalue weighted by molar-refractivity contribution is 5.94. The summed E-state index contributed by atoms with van der Waals surface area (Å²) in [5.74, 6) is 4.21. The molecule has 0 bridgehead atoms. The first-order chi connectivity index (χ1) is 32.0. The minimum Gasteiger partial charge on any atom is -0.457 e. The van der Waals surface area contributed by atoms with Gasteiger partial charge in [-0.05, 0) is 57.6 Å². The summed E-state index contributed by atoms with van der Waals surface area (Å²) in [5, 5.41) is 0. The first kappa shape index (κ1) is 37.2. The summed E-state index contributed by atoms with van der Waals surface area (Å²) in [7, 11) is 0. The summed E-state index contributed by atoms with van der Waals surface area (Å²) in [6.45, 7) is 4.56. The molecule has 10 aromatic rings. The largest absolute Gasteiger partial charge is 0.457 e. The lowest BCUT2D eigenvalue weighted by Gasteiger charge is -2.39. The number of hydrogen-bond acceptors (Lipinski definition) is 6. The number of hydrogen-bond donors (Lipinski definition) is 0. The fourth-order valence-electron chi connectivity index (χ4n) is 10.6. The van der Waals surface area contributed by atoms with Crippen LogP contribution in [0.5, 0.6) is 11.5 Å². The van der Waals surface area contributed by atoms with Gasteiger partial charge in [0.1, 0.15) is 11.5 Å². The van der Waals surface area contributed by atoms with E-state index in [2.05, 4.69) is 141 Å². The van der Waals surface area contributed by atoms with Crippen LogP contribution in [0, 0.1) is 0 Å². The molecule has 0 saturated heterocycles. The van der Waals surface area contributed by atoms with E-state index in [9.17, 15) is 0 Å². The van der Waals surface area contributed by atoms with Gasteiger partial charge in [-0.3, -0.25) is 0 Å². The molecule has 0 saturated carbocycles. The third kappa shape index (κ3) is 5.50. The fourth-order valence-corrected chi connectivity index (χ4v) is 10.6. The summed E-state index contributed by atoms with van der Waals surface area (Å²) in [4.78, 5) is 26.3. The maximum absolute atomic E-state index is 6.69. The fraction of sp³-hybridized carbons (Fsp3) is 0.0678. The normalized spacial score (nSPS) is 14.1. The van der Waals surface area contributed by atoms with E-state index in [0.29, 0.717) is 23.3 Å². The Labute approximate surface area is 377 Å². The Kier molecular flexibility index (Phi) is 8.06. The van der Waals surface area contributed by atoms with Gasteiger partial charge in [0.25, 0.3) is 0 Å². The zero-order valence-corrected chi connectivity index (χ0v) is 35.7. The molecule has 0 amide bonds. The van der Waals surface area contributed by atoms with Gasteiger partial charge in [-0.2, -0.15) is 0 Å². The van der Waals surface area contributed by atoms with Gasteiger partial charge in [-0.15, -0.1) is 0 Å². The van der Waals surface area contributed by atoms with Gasteiger partial charge in [-0.1, -0.05) is 190 Å². The molecule has 65 heavy (non-hydrogen) atoms. The van der Waals surface area contributed by atoms with E-state index in [1.54, 1.807) is 0 Å². The van der Waals surface area contributed by atoms with Crippen LogP contribution in [-0.2, 0) is 10.8 Å². The topological polar surface area (TPSA) is 73.7 Å². The molecule has 0 N–H and O–H groups in total. The Morgan fingerprint density at radius 3 is 1.31 bits per heavy atom. The zero-order chi connectivity index (χ0) is 43.3. The molecule has 1 aliphatic heterocycles. The Balaban J connectivity index is 1.07. The Hall–Kier alpha value is -8.35. The average molecular weight is 834 g/mol. The molecule has 0 radical (unpaired) electrons. The molecule has 306 valence electrons. The molecule has 1 spiro atoms. The summed E-state index contributed by atoms with van der Waals surface area (Å²) in [5.41, 5.74) is 16.0. The Bertz CT molecular complexity index is 3450. The van der Waals surface area contributed by atoms with Crippen molar-refractivity contribution in [3.05, 3.63) is 234 Å². The van der Waals surface area contributed by atoms with Crippen LogP contribution in [-0.4, -0.2) is 24.9 Å². The lowest BCUT2D eigenvalue weighted by molar-refractivity contribution is 0.436. The quantitative estimate of drug-likeness (QED) is 0.172. The number of fused-ring (bicyclic) bond motifs is 12. The molecule has 0 fully saturated rings. The molecule has 2 aromatic heterocycles. The van der Waals surface area contributed by atoms with Crippen LogP contribution < -0.4 is 4.74 Å². The van der Waals surface area contributed by atoms with E-state index < -0.39 is 5.41 Å². The molecule has 3 aliphatic rings. The number of nitrogens with zero attached hydrogens (tertiary/aromatic N) is 5. The summed E-state index contributed by atoms with van der Waals surface area (Å²) >= 11 is 0. The second kappa shape index (κ2) is 14.1. The first-order valence-corrected chi connectivity index (χ1v) is 22.1. The van der Waals surface area contributed by atoms with Crippen LogP contribution in [0.3, 0.4) is 0 Å². The van der Waals surface area contributed by atoms with Crippen LogP contribution in [0.15, 0.2) is 200 Å². The van der Waals surface area contributed by atoms with Crippen LogP contribution in [0.4, 0.5) is 0 Å². The van der Waals surface area contributed by atoms with Gasteiger partial charge < -0.3 is 4.74 Å². The van der Waals surface area contributed by atoms with Gasteiger partial charge in [0.05, 0.1) is 16.8 Å². The van der Waals surface area contributed by atoms with Gasteiger partial charge in [0, 0.05) is 49.9 Å². The van der Waals surface area contributed by atoms with E-state index in [4.69, 9.17) is 29.7 Å². The summed E-state index contributed by atoms with van der Waals surface area (Å²) in [6, 6.07) is 69.9. The van der Waals surface area contributed by atoms with Crippen LogP contribution in [0.25, 0.3) is 79.1 Å². The predicted molar refractivity (Wildman–Crippen MR) is 258 cm³/mol. The number of ether oxygens (including phenoxy) is 1. The molecular formula is C59H39N5O. The van der Waals surface area contributed by atoms with Crippen molar-refractivity contribution in [1.82, 2.24) is 24.9 Å². The van der Waals surface area contributed by atoms with Gasteiger partial charge in [-0.25, -0.2) is 24.9 Å². The third-order valence-electron chi connectivity index (χ3n) is 13.6. The van der Waals surface area contributed by atoms with E-state index in [1.807, 2.05) is 72.8 Å². The second-order valence-corrected chi connectivity index (χ2v) is 17.6. The van der Waals surface area contributed by atoms with Crippen molar-refractivity contribution in [3.63, 3.8) is 0 Å². The Morgan fingerprint density at radius 2 is 0.769 bits per heavy atom. The predicted octanol–water partition coefficient (Wildman–Crippen LogP) is 13.8. The lowest BCUT2D eigenvalue weighted by Crippen LogP contribution is -2.32. The van der Waals surface area contributed by atoms with E-state index in [-0.39, 0.29) is 5.41 Å². The van der Waals surface area contributed by atoms with Crippen LogP contribution in [0.2, 0.25) is 0 Å². The first-order valence-electron chi connectivity index (χ1n) is 22.1. The van der Waals surface area contributed by atoms with E-state index in [1.165, 1.54) is 16.7 Å². The number of rotatable bonds is 5. The highest BCUT2D eigenvalue weighted by atomic mass is 16.5.